The first-order valence-corrected chi connectivity index (χ1v) is 9.25. The highest BCUT2D eigenvalue weighted by molar-refractivity contribution is 9.10. The molecular weight excluding hydrogens is 366 g/mol. The molecule has 0 unspecified atom stereocenters. The second-order valence-electron chi connectivity index (χ2n) is 5.31. The molecule has 0 bridgehead atoms. The molecule has 120 valence electrons. The van der Waals surface area contributed by atoms with Gasteiger partial charge in [0.15, 0.2) is 6.61 Å². The van der Waals surface area contributed by atoms with E-state index in [-0.39, 0.29) is 30.3 Å². The molecule has 0 heterocycles. The maximum Gasteiger partial charge on any atom is 0.316 e. The number of esters is 1. The highest BCUT2D eigenvalue weighted by Gasteiger charge is 2.16. The van der Waals surface area contributed by atoms with Crippen LogP contribution >= 0.6 is 27.7 Å². The van der Waals surface area contributed by atoms with Gasteiger partial charge in [-0.3, -0.25) is 9.59 Å². The molecule has 1 aromatic carbocycles. The van der Waals surface area contributed by atoms with Crippen molar-refractivity contribution in [3.05, 3.63) is 28.7 Å². The van der Waals surface area contributed by atoms with Gasteiger partial charge in [-0.05, 0) is 37.1 Å². The highest BCUT2D eigenvalue weighted by atomic mass is 79.9. The largest absolute Gasteiger partial charge is 0.455 e. The lowest BCUT2D eigenvalue weighted by molar-refractivity contribution is -0.146. The van der Waals surface area contributed by atoms with Gasteiger partial charge in [-0.15, -0.1) is 11.8 Å². The number of thioether (sulfide) groups is 1. The Bertz CT molecular complexity index is 501. The monoisotopic (exact) mass is 385 g/mol. The molecule has 0 saturated heterocycles. The molecule has 4 nitrogen and oxygen atoms in total. The Morgan fingerprint density at radius 2 is 1.86 bits per heavy atom. The number of nitrogens with one attached hydrogen (secondary N) is 1. The van der Waals surface area contributed by atoms with Crippen molar-refractivity contribution in [2.75, 3.05) is 12.4 Å². The second kappa shape index (κ2) is 9.20. The Balaban J connectivity index is 1.62. The number of benzene rings is 1. The summed E-state index contributed by atoms with van der Waals surface area (Å²) in [7, 11) is 0. The molecule has 0 radical (unpaired) electrons. The van der Waals surface area contributed by atoms with Crippen LogP contribution in [0.4, 0.5) is 0 Å². The number of hydrogen-bond donors (Lipinski definition) is 1. The summed E-state index contributed by atoms with van der Waals surface area (Å²) < 4.78 is 6.01. The van der Waals surface area contributed by atoms with Crippen molar-refractivity contribution in [2.45, 2.75) is 43.0 Å². The molecule has 1 N–H and O–H groups in total. The molecular formula is C16H20BrNO3S. The van der Waals surface area contributed by atoms with Crippen molar-refractivity contribution in [2.24, 2.45) is 0 Å². The molecule has 1 aliphatic carbocycles. The minimum absolute atomic E-state index is 0.184. The van der Waals surface area contributed by atoms with Gasteiger partial charge in [0, 0.05) is 15.4 Å². The third kappa shape index (κ3) is 6.40. The fourth-order valence-corrected chi connectivity index (χ4v) is 3.34. The van der Waals surface area contributed by atoms with Crippen LogP contribution < -0.4 is 5.32 Å². The van der Waals surface area contributed by atoms with E-state index >= 15 is 0 Å². The van der Waals surface area contributed by atoms with Crippen molar-refractivity contribution in [3.63, 3.8) is 0 Å². The molecule has 0 spiro atoms. The summed E-state index contributed by atoms with van der Waals surface area (Å²) in [4.78, 5) is 24.4. The van der Waals surface area contributed by atoms with Crippen LogP contribution in [0.3, 0.4) is 0 Å². The number of hydrogen-bond acceptors (Lipinski definition) is 4. The van der Waals surface area contributed by atoms with E-state index in [1.54, 1.807) is 0 Å². The normalized spacial score (nSPS) is 15.3. The van der Waals surface area contributed by atoms with Gasteiger partial charge in [0.2, 0.25) is 0 Å². The average Bonchev–Trinajstić information content (AvgIpc) is 2.53. The van der Waals surface area contributed by atoms with Gasteiger partial charge in [0.1, 0.15) is 0 Å². The summed E-state index contributed by atoms with van der Waals surface area (Å²) in [5, 5.41) is 2.93. The van der Waals surface area contributed by atoms with Crippen molar-refractivity contribution in [1.29, 1.82) is 0 Å². The Hall–Kier alpha value is -1.01. The number of carbonyl (C=O) groups is 2. The van der Waals surface area contributed by atoms with Gasteiger partial charge in [0.25, 0.3) is 5.91 Å². The zero-order chi connectivity index (χ0) is 15.8. The van der Waals surface area contributed by atoms with Crippen LogP contribution in [0.5, 0.6) is 0 Å². The number of amides is 1. The molecule has 22 heavy (non-hydrogen) atoms. The summed E-state index contributed by atoms with van der Waals surface area (Å²) in [6, 6.07) is 7.95. The van der Waals surface area contributed by atoms with Crippen LogP contribution in [0.25, 0.3) is 0 Å². The zero-order valence-corrected chi connectivity index (χ0v) is 14.7. The number of ether oxygens (including phenoxy) is 1. The maximum absolute atomic E-state index is 11.7. The molecule has 1 amide bonds. The lowest BCUT2D eigenvalue weighted by atomic mass is 9.95. The van der Waals surface area contributed by atoms with Gasteiger partial charge >= 0.3 is 5.97 Å². The van der Waals surface area contributed by atoms with E-state index in [0.717, 1.165) is 35.1 Å². The molecule has 0 atom stereocenters. The van der Waals surface area contributed by atoms with Crippen molar-refractivity contribution in [1.82, 2.24) is 5.32 Å². The lowest BCUT2D eigenvalue weighted by Gasteiger charge is -2.22. The smallest absolute Gasteiger partial charge is 0.316 e. The summed E-state index contributed by atoms with van der Waals surface area (Å²) >= 11 is 4.76. The second-order valence-corrected chi connectivity index (χ2v) is 7.27. The summed E-state index contributed by atoms with van der Waals surface area (Å²) in [5.74, 6) is -0.362. The molecule has 1 aliphatic rings. The Kier molecular flexibility index (Phi) is 7.25. The average molecular weight is 386 g/mol. The van der Waals surface area contributed by atoms with Gasteiger partial charge in [-0.25, -0.2) is 0 Å². The number of halogens is 1. The zero-order valence-electron chi connectivity index (χ0n) is 12.3. The Morgan fingerprint density at radius 1 is 1.18 bits per heavy atom. The predicted octanol–water partition coefficient (Wildman–Crippen LogP) is 3.53. The quantitative estimate of drug-likeness (QED) is 0.600. The van der Waals surface area contributed by atoms with Crippen LogP contribution in [0, 0.1) is 0 Å². The molecule has 1 aromatic rings. The van der Waals surface area contributed by atoms with E-state index in [9.17, 15) is 9.59 Å². The van der Waals surface area contributed by atoms with Crippen LogP contribution in [-0.4, -0.2) is 30.3 Å². The molecule has 2 rings (SSSR count). The minimum Gasteiger partial charge on any atom is -0.455 e. The summed E-state index contributed by atoms with van der Waals surface area (Å²) in [5.41, 5.74) is 0. The lowest BCUT2D eigenvalue weighted by Crippen LogP contribution is -2.38. The summed E-state index contributed by atoms with van der Waals surface area (Å²) in [6.07, 6.45) is 5.62. The first-order valence-electron chi connectivity index (χ1n) is 7.47. The van der Waals surface area contributed by atoms with Gasteiger partial charge in [-0.1, -0.05) is 35.2 Å². The Morgan fingerprint density at radius 3 is 2.55 bits per heavy atom. The molecule has 1 saturated carbocycles. The van der Waals surface area contributed by atoms with E-state index in [1.807, 2.05) is 24.3 Å². The highest BCUT2D eigenvalue weighted by Crippen LogP contribution is 2.20. The van der Waals surface area contributed by atoms with Crippen molar-refractivity contribution >= 4 is 39.6 Å². The molecule has 0 aromatic heterocycles. The SMILES string of the molecule is O=C(COC(=O)CSc1ccc(Br)cc1)NC1CCCCC1. The van der Waals surface area contributed by atoms with E-state index in [4.69, 9.17) is 4.74 Å². The molecule has 6 heteroatoms. The fraction of sp³-hybridized carbons (Fsp3) is 0.500. The third-order valence-electron chi connectivity index (χ3n) is 3.50. The minimum atomic E-state index is -0.369. The fourth-order valence-electron chi connectivity index (χ4n) is 2.38. The number of rotatable bonds is 6. The standard InChI is InChI=1S/C16H20BrNO3S/c17-12-6-8-14(9-7-12)22-11-16(20)21-10-15(19)18-13-4-2-1-3-5-13/h6-9,13H,1-5,10-11H2,(H,18,19). The van der Waals surface area contributed by atoms with Gasteiger partial charge in [-0.2, -0.15) is 0 Å². The predicted molar refractivity (Wildman–Crippen MR) is 90.8 cm³/mol. The maximum atomic E-state index is 11.7. The van der Waals surface area contributed by atoms with E-state index in [2.05, 4.69) is 21.2 Å². The van der Waals surface area contributed by atoms with Crippen LogP contribution in [0.2, 0.25) is 0 Å². The third-order valence-corrected chi connectivity index (χ3v) is 5.02. The van der Waals surface area contributed by atoms with Crippen molar-refractivity contribution in [3.8, 4) is 0 Å². The van der Waals surface area contributed by atoms with E-state index < -0.39 is 0 Å². The van der Waals surface area contributed by atoms with Crippen LogP contribution in [0.15, 0.2) is 33.6 Å². The molecule has 0 aliphatic heterocycles. The van der Waals surface area contributed by atoms with Crippen LogP contribution in [0.1, 0.15) is 32.1 Å². The Labute approximate surface area is 143 Å². The first-order chi connectivity index (χ1) is 10.6. The van der Waals surface area contributed by atoms with E-state index in [0.29, 0.717) is 0 Å². The van der Waals surface area contributed by atoms with Gasteiger partial charge < -0.3 is 10.1 Å². The first kappa shape index (κ1) is 17.3. The molecule has 1 fully saturated rings. The topological polar surface area (TPSA) is 55.4 Å². The number of carbonyl (C=O) groups excluding carboxylic acids is 2. The van der Waals surface area contributed by atoms with Crippen LogP contribution in [-0.2, 0) is 14.3 Å². The van der Waals surface area contributed by atoms with E-state index in [1.165, 1.54) is 18.2 Å². The summed E-state index contributed by atoms with van der Waals surface area (Å²) in [6.45, 7) is -0.184. The van der Waals surface area contributed by atoms with Crippen molar-refractivity contribution < 1.29 is 14.3 Å². The van der Waals surface area contributed by atoms with Gasteiger partial charge in [0.05, 0.1) is 5.75 Å².